The van der Waals surface area contributed by atoms with E-state index >= 15 is 0 Å². The molecule has 29 heavy (non-hydrogen) atoms. The van der Waals surface area contributed by atoms with Crippen LogP contribution in [0.2, 0.25) is 0 Å². The molecule has 0 atom stereocenters. The Morgan fingerprint density at radius 2 is 1.97 bits per heavy atom. The molecular formula is C22H26N4O2S. The van der Waals surface area contributed by atoms with Gasteiger partial charge in [-0.15, -0.1) is 10.2 Å². The van der Waals surface area contributed by atoms with Crippen molar-refractivity contribution in [3.8, 4) is 17.1 Å². The normalized spacial score (nSPS) is 10.7. The molecular weight excluding hydrogens is 384 g/mol. The van der Waals surface area contributed by atoms with Crippen molar-refractivity contribution in [3.63, 3.8) is 0 Å². The van der Waals surface area contributed by atoms with E-state index in [4.69, 9.17) is 4.74 Å². The van der Waals surface area contributed by atoms with Crippen molar-refractivity contribution in [3.05, 3.63) is 54.1 Å². The highest BCUT2D eigenvalue weighted by molar-refractivity contribution is 7.99. The molecule has 0 aliphatic rings. The maximum absolute atomic E-state index is 12.2. The number of rotatable bonds is 9. The van der Waals surface area contributed by atoms with Gasteiger partial charge in [0.2, 0.25) is 5.91 Å². The molecule has 0 bridgehead atoms. The van der Waals surface area contributed by atoms with Crippen molar-refractivity contribution in [2.45, 2.75) is 31.8 Å². The summed E-state index contributed by atoms with van der Waals surface area (Å²) in [6.45, 7) is 4.86. The minimum atomic E-state index is -0.0706. The molecule has 2 aromatic carbocycles. The van der Waals surface area contributed by atoms with E-state index in [0.29, 0.717) is 5.16 Å². The lowest BCUT2D eigenvalue weighted by Crippen LogP contribution is -2.14. The molecule has 0 unspecified atom stereocenters. The minimum absolute atomic E-state index is 0.0706. The van der Waals surface area contributed by atoms with Crippen molar-refractivity contribution in [1.29, 1.82) is 0 Å². The fraction of sp³-hybridized carbons (Fsp3) is 0.318. The van der Waals surface area contributed by atoms with Crippen LogP contribution in [0.25, 0.3) is 11.4 Å². The van der Waals surface area contributed by atoms with Crippen LogP contribution in [0.4, 0.5) is 5.69 Å². The number of carbonyl (C=O) groups is 1. The Hall–Kier alpha value is -2.80. The van der Waals surface area contributed by atoms with Crippen LogP contribution in [0.1, 0.15) is 25.3 Å². The summed E-state index contributed by atoms with van der Waals surface area (Å²) in [6.07, 6.45) is 2.16. The number of hydrogen-bond donors (Lipinski definition) is 1. The first-order chi connectivity index (χ1) is 14.1. The Labute approximate surface area is 175 Å². The molecule has 1 aromatic heterocycles. The second-order valence-electron chi connectivity index (χ2n) is 6.80. The summed E-state index contributed by atoms with van der Waals surface area (Å²) in [5.41, 5.74) is 2.87. The van der Waals surface area contributed by atoms with Gasteiger partial charge >= 0.3 is 0 Å². The summed E-state index contributed by atoms with van der Waals surface area (Å²) in [5, 5.41) is 12.1. The van der Waals surface area contributed by atoms with Gasteiger partial charge in [-0.2, -0.15) is 0 Å². The van der Waals surface area contributed by atoms with Gasteiger partial charge in [-0.3, -0.25) is 4.79 Å². The summed E-state index contributed by atoms with van der Waals surface area (Å²) >= 11 is 1.36. The number of nitrogens with one attached hydrogen (secondary N) is 1. The van der Waals surface area contributed by atoms with E-state index in [1.807, 2.05) is 67.1 Å². The van der Waals surface area contributed by atoms with Crippen LogP contribution >= 0.6 is 11.8 Å². The molecule has 0 fully saturated rings. The molecule has 0 saturated carbocycles. The van der Waals surface area contributed by atoms with Crippen LogP contribution in [0.3, 0.4) is 0 Å². The van der Waals surface area contributed by atoms with Gasteiger partial charge in [0.05, 0.1) is 12.4 Å². The highest BCUT2D eigenvalue weighted by Gasteiger charge is 2.13. The number of amides is 1. The van der Waals surface area contributed by atoms with E-state index in [9.17, 15) is 4.79 Å². The quantitative estimate of drug-likeness (QED) is 0.409. The molecule has 0 radical (unpaired) electrons. The highest BCUT2D eigenvalue weighted by atomic mass is 32.2. The van der Waals surface area contributed by atoms with Gasteiger partial charge in [-0.05, 0) is 55.3 Å². The molecule has 0 aliphatic carbocycles. The van der Waals surface area contributed by atoms with Gasteiger partial charge in [0.15, 0.2) is 11.0 Å². The maximum atomic E-state index is 12.2. The van der Waals surface area contributed by atoms with Crippen LogP contribution < -0.4 is 10.1 Å². The Morgan fingerprint density at radius 3 is 2.69 bits per heavy atom. The maximum Gasteiger partial charge on any atom is 0.234 e. The Kier molecular flexibility index (Phi) is 7.30. The third-order valence-electron chi connectivity index (χ3n) is 4.35. The average Bonchev–Trinajstić information content (AvgIpc) is 3.08. The fourth-order valence-corrected chi connectivity index (χ4v) is 3.49. The summed E-state index contributed by atoms with van der Waals surface area (Å²) in [5.74, 6) is 1.81. The molecule has 1 heterocycles. The van der Waals surface area contributed by atoms with Gasteiger partial charge in [0.25, 0.3) is 0 Å². The molecule has 3 aromatic rings. The lowest BCUT2D eigenvalue weighted by atomic mass is 10.2. The van der Waals surface area contributed by atoms with Crippen LogP contribution in [0, 0.1) is 6.92 Å². The second-order valence-corrected chi connectivity index (χ2v) is 7.74. The summed E-state index contributed by atoms with van der Waals surface area (Å²) in [6, 6.07) is 15.6. The standard InChI is InChI=1S/C22H26N4O2S/c1-4-5-13-28-19-11-9-17(10-12-19)21-24-25-22(26(21)3)29-15-20(27)23-18-8-6-7-16(2)14-18/h6-12,14H,4-5,13,15H2,1-3H3,(H,23,27). The monoisotopic (exact) mass is 410 g/mol. The molecule has 0 aliphatic heterocycles. The first-order valence-electron chi connectivity index (χ1n) is 9.68. The SMILES string of the molecule is CCCCOc1ccc(-c2nnc(SCC(=O)Nc3cccc(C)c3)n2C)cc1. The fourth-order valence-electron chi connectivity index (χ4n) is 2.78. The van der Waals surface area contributed by atoms with Crippen LogP contribution in [-0.2, 0) is 11.8 Å². The summed E-state index contributed by atoms with van der Waals surface area (Å²) in [4.78, 5) is 12.2. The third kappa shape index (κ3) is 5.84. The van der Waals surface area contributed by atoms with Gasteiger partial charge < -0.3 is 14.6 Å². The van der Waals surface area contributed by atoms with E-state index < -0.39 is 0 Å². The number of anilines is 1. The zero-order valence-electron chi connectivity index (χ0n) is 17.0. The van der Waals surface area contributed by atoms with Crippen molar-refractivity contribution in [2.24, 2.45) is 7.05 Å². The first kappa shape index (κ1) is 20.9. The zero-order valence-corrected chi connectivity index (χ0v) is 17.8. The van der Waals surface area contributed by atoms with E-state index in [0.717, 1.165) is 47.8 Å². The third-order valence-corrected chi connectivity index (χ3v) is 5.37. The average molecular weight is 411 g/mol. The molecule has 3 rings (SSSR count). The number of benzene rings is 2. The smallest absolute Gasteiger partial charge is 0.234 e. The number of hydrogen-bond acceptors (Lipinski definition) is 5. The molecule has 6 nitrogen and oxygen atoms in total. The van der Waals surface area contributed by atoms with Crippen molar-refractivity contribution in [2.75, 3.05) is 17.7 Å². The van der Waals surface area contributed by atoms with E-state index in [1.54, 1.807) is 0 Å². The lowest BCUT2D eigenvalue weighted by molar-refractivity contribution is -0.113. The van der Waals surface area contributed by atoms with E-state index in [-0.39, 0.29) is 11.7 Å². The van der Waals surface area contributed by atoms with Gasteiger partial charge in [0, 0.05) is 18.3 Å². The van der Waals surface area contributed by atoms with Crippen LogP contribution in [0.5, 0.6) is 5.75 Å². The largest absolute Gasteiger partial charge is 0.494 e. The Morgan fingerprint density at radius 1 is 1.17 bits per heavy atom. The summed E-state index contributed by atoms with van der Waals surface area (Å²) in [7, 11) is 1.90. The number of thioether (sulfide) groups is 1. The molecule has 1 N–H and O–H groups in total. The van der Waals surface area contributed by atoms with Crippen molar-refractivity contribution >= 4 is 23.4 Å². The van der Waals surface area contributed by atoms with Crippen LogP contribution in [0.15, 0.2) is 53.7 Å². The van der Waals surface area contributed by atoms with Crippen LogP contribution in [-0.4, -0.2) is 33.0 Å². The number of aromatic nitrogens is 3. The van der Waals surface area contributed by atoms with Crippen molar-refractivity contribution in [1.82, 2.24) is 14.8 Å². The number of carbonyl (C=O) groups excluding carboxylic acids is 1. The minimum Gasteiger partial charge on any atom is -0.494 e. The number of ether oxygens (including phenoxy) is 1. The second kappa shape index (κ2) is 10.1. The molecule has 7 heteroatoms. The Balaban J connectivity index is 1.58. The Bertz CT molecular complexity index is 954. The number of nitrogens with zero attached hydrogens (tertiary/aromatic N) is 3. The zero-order chi connectivity index (χ0) is 20.6. The molecule has 0 saturated heterocycles. The molecule has 0 spiro atoms. The highest BCUT2D eigenvalue weighted by Crippen LogP contribution is 2.24. The van der Waals surface area contributed by atoms with E-state index in [1.165, 1.54) is 11.8 Å². The summed E-state index contributed by atoms with van der Waals surface area (Å²) < 4.78 is 7.60. The van der Waals surface area contributed by atoms with Crippen molar-refractivity contribution < 1.29 is 9.53 Å². The topological polar surface area (TPSA) is 69.0 Å². The van der Waals surface area contributed by atoms with Gasteiger partial charge in [-0.1, -0.05) is 37.2 Å². The molecule has 1 amide bonds. The predicted molar refractivity (Wildman–Crippen MR) is 117 cm³/mol. The van der Waals surface area contributed by atoms with Gasteiger partial charge in [0.1, 0.15) is 5.75 Å². The number of aryl methyl sites for hydroxylation is 1. The molecule has 152 valence electrons. The first-order valence-corrected chi connectivity index (χ1v) is 10.7. The predicted octanol–water partition coefficient (Wildman–Crippen LogP) is 4.70. The lowest BCUT2D eigenvalue weighted by Gasteiger charge is -2.07. The number of unbranched alkanes of at least 4 members (excludes halogenated alkanes) is 1. The van der Waals surface area contributed by atoms with E-state index in [2.05, 4.69) is 22.4 Å². The van der Waals surface area contributed by atoms with Gasteiger partial charge in [-0.25, -0.2) is 0 Å².